The Hall–Kier alpha value is 3.16. The van der Waals surface area contributed by atoms with Crippen LogP contribution in [0.25, 0.3) is 0 Å². The predicted molar refractivity (Wildman–Crippen MR) is 6.44 cm³/mol. The van der Waals surface area contributed by atoms with E-state index < -0.39 is 0 Å². The molecule has 0 fully saturated rings. The second kappa shape index (κ2) is 16.4. The average molecular weight is 379 g/mol. The van der Waals surface area contributed by atoms with Crippen molar-refractivity contribution in [2.24, 2.45) is 0 Å². The van der Waals surface area contributed by atoms with Gasteiger partial charge < -0.3 is 0 Å². The molecule has 0 bridgehead atoms. The van der Waals surface area contributed by atoms with Crippen LogP contribution in [0.5, 0.6) is 0 Å². The van der Waals surface area contributed by atoms with E-state index in [0.29, 0.717) is 0 Å². The molecule has 2 radical (unpaired) electrons. The van der Waals surface area contributed by atoms with E-state index >= 15 is 0 Å². The Morgan fingerprint density at radius 1 is 1.25 bits per heavy atom. The van der Waals surface area contributed by atoms with Crippen LogP contribution < -0.4 is 0 Å². The molecule has 0 aromatic carbocycles. The summed E-state index contributed by atoms with van der Waals surface area (Å²) in [5.74, 6) is 0. The summed E-state index contributed by atoms with van der Waals surface area (Å²) in [6, 6.07) is 0. The van der Waals surface area contributed by atoms with Gasteiger partial charge in [0.1, 0.15) is 0 Å². The number of rotatable bonds is 0. The predicted octanol–water partition coefficient (Wildman–Crippen LogP) is -0.502. The quantitative estimate of drug-likeness (QED) is 0.519. The van der Waals surface area contributed by atoms with E-state index in [0.717, 1.165) is 0 Å². The van der Waals surface area contributed by atoms with Crippen molar-refractivity contribution in [1.29, 1.82) is 0 Å². The van der Waals surface area contributed by atoms with Gasteiger partial charge in [-0.1, -0.05) is 0 Å². The third-order valence-corrected chi connectivity index (χ3v) is 0. The molecule has 0 rings (SSSR count). The molecular weight excluding hydrogens is 379 g/mol. The number of hydrogen-bond acceptors (Lipinski definition) is 1. The summed E-state index contributed by atoms with van der Waals surface area (Å²) in [5.41, 5.74) is 0. The van der Waals surface area contributed by atoms with Gasteiger partial charge in [-0.15, -0.1) is 0 Å². The third kappa shape index (κ3) is 8.94. The maximum absolute atomic E-state index is 7.81. The van der Waals surface area contributed by atoms with Gasteiger partial charge in [0.15, 0.2) is 0 Å². The summed E-state index contributed by atoms with van der Waals surface area (Å²) < 4.78 is 7.81. The minimum atomic E-state index is 0. The van der Waals surface area contributed by atoms with Gasteiger partial charge >= 0.3 is 19.8 Å². The Labute approximate surface area is 104 Å². The summed E-state index contributed by atoms with van der Waals surface area (Å²) in [6.07, 6.45) is 0. The molecule has 4 heteroatoms. The zero-order valence-electron chi connectivity index (χ0n) is 1.73. The zero-order valence-corrected chi connectivity index (χ0v) is 9.14. The van der Waals surface area contributed by atoms with Gasteiger partial charge in [-0.05, 0) is 0 Å². The topological polar surface area (TPSA) is 17.1 Å². The van der Waals surface area contributed by atoms with Crippen molar-refractivity contribution in [3.63, 3.8) is 0 Å². The van der Waals surface area contributed by atoms with Crippen molar-refractivity contribution in [3.05, 3.63) is 0 Å². The van der Waals surface area contributed by atoms with Crippen LogP contribution in [-0.2, 0) is 19.8 Å². The van der Waals surface area contributed by atoms with Crippen molar-refractivity contribution in [1.82, 2.24) is 0 Å². The second-order valence-corrected chi connectivity index (χ2v) is 0. The van der Waals surface area contributed by atoms with Crippen molar-refractivity contribution in [2.75, 3.05) is 0 Å². The molecule has 0 unspecified atom stereocenters. The molecule has 0 aliphatic carbocycles. The molecule has 0 aromatic heterocycles. The van der Waals surface area contributed by atoms with Crippen LogP contribution in [0, 0.1) is 38.2 Å². The van der Waals surface area contributed by atoms with Crippen LogP contribution in [0.4, 0.5) is 0 Å². The van der Waals surface area contributed by atoms with E-state index in [1.807, 2.05) is 0 Å². The summed E-state index contributed by atoms with van der Waals surface area (Å²) in [7, 11) is 0. The van der Waals surface area contributed by atoms with Crippen LogP contribution in [0.2, 0.25) is 0 Å². The molecule has 1 nitrogen and oxygen atoms in total. The Morgan fingerprint density at radius 3 is 1.25 bits per heavy atom. The van der Waals surface area contributed by atoms with Crippen molar-refractivity contribution < 1.29 is 58.0 Å². The molecule has 0 heterocycles. The maximum atomic E-state index is 7.81. The van der Waals surface area contributed by atoms with Crippen molar-refractivity contribution in [2.45, 2.75) is 0 Å². The van der Waals surface area contributed by atoms with Crippen LogP contribution in [0.3, 0.4) is 0 Å². The van der Waals surface area contributed by atoms with E-state index in [9.17, 15) is 0 Å². The van der Waals surface area contributed by atoms with Gasteiger partial charge in [-0.2, -0.15) is 0 Å². The molecular formula is BaCuDyO. The van der Waals surface area contributed by atoms with Crippen molar-refractivity contribution in [3.8, 4) is 0 Å². The molecule has 0 saturated heterocycles. The molecule has 0 saturated carbocycles. The van der Waals surface area contributed by atoms with Gasteiger partial charge in [0.25, 0.3) is 0 Å². The average Bonchev–Trinajstić information content (AvgIpc) is 1.00. The normalized spacial score (nSPS) is 1.50. The molecule has 0 atom stereocenters. The monoisotopic (exact) mass is 381 g/mol. The Balaban J connectivity index is -0.00000000500. The minimum absolute atomic E-state index is 0. The molecule has 29 valence electrons. The van der Waals surface area contributed by atoms with E-state index in [-0.39, 0.29) is 87.1 Å². The first-order valence-corrected chi connectivity index (χ1v) is 0.508. The summed E-state index contributed by atoms with van der Waals surface area (Å²) in [6.45, 7) is 0. The molecule has 0 aliphatic rings. The van der Waals surface area contributed by atoms with E-state index in [1.54, 1.807) is 0 Å². The first-order valence-electron chi connectivity index (χ1n) is 0.123. The Morgan fingerprint density at radius 2 is 1.25 bits per heavy atom. The summed E-state index contributed by atoms with van der Waals surface area (Å²) in [5, 5.41) is 0. The summed E-state index contributed by atoms with van der Waals surface area (Å²) in [4.78, 5) is 0. The first kappa shape index (κ1) is 15.7. The molecule has 0 aromatic rings. The first-order chi connectivity index (χ1) is 1.00. The van der Waals surface area contributed by atoms with E-state index in [1.165, 1.54) is 0 Å². The Kier molecular flexibility index (Phi) is 64.4. The molecule has 0 amide bonds. The van der Waals surface area contributed by atoms with Gasteiger partial charge in [-0.3, -0.25) is 0 Å². The van der Waals surface area contributed by atoms with E-state index in [4.69, 9.17) is 3.83 Å². The standard InChI is InChI=1S/Ba.Cu.Dy.O. The fourth-order valence-electron chi connectivity index (χ4n) is 0. The second-order valence-electron chi connectivity index (χ2n) is 0. The van der Waals surface area contributed by atoms with Crippen LogP contribution >= 0.6 is 0 Å². The van der Waals surface area contributed by atoms with Crippen LogP contribution in [0.15, 0.2) is 0 Å². The Bertz CT molecular complexity index is 8.00. The molecule has 0 aliphatic heterocycles. The van der Waals surface area contributed by atoms with Gasteiger partial charge in [0.2, 0.25) is 0 Å². The molecule has 0 spiro atoms. The summed E-state index contributed by atoms with van der Waals surface area (Å²) >= 11 is 2.94. The molecule has 0 N–H and O–H groups in total. The zero-order chi connectivity index (χ0) is 2.00. The number of hydrogen-bond donors (Lipinski definition) is 0. The van der Waals surface area contributed by atoms with Crippen LogP contribution in [0.1, 0.15) is 0 Å². The van der Waals surface area contributed by atoms with Crippen LogP contribution in [-0.4, -0.2) is 48.9 Å². The third-order valence-electron chi connectivity index (χ3n) is 0. The fourth-order valence-corrected chi connectivity index (χ4v) is 0. The van der Waals surface area contributed by atoms with Gasteiger partial charge in [-0.25, -0.2) is 0 Å². The van der Waals surface area contributed by atoms with E-state index in [2.05, 4.69) is 15.9 Å². The van der Waals surface area contributed by atoms with Crippen molar-refractivity contribution >= 4 is 48.9 Å². The van der Waals surface area contributed by atoms with Gasteiger partial charge in [0, 0.05) is 87.1 Å². The SMILES string of the molecule is [Ba].[Dy].[O]=[Cu]. The van der Waals surface area contributed by atoms with Gasteiger partial charge in [0.05, 0.1) is 0 Å². The molecule has 4 heavy (non-hydrogen) atoms. The fraction of sp³-hybridized carbons (Fsp3) is 0.